The topological polar surface area (TPSA) is 99.0 Å². The third-order valence-corrected chi connectivity index (χ3v) is 8.72. The number of likely N-dealkylation sites (N-methyl/N-ethyl adjacent to an activating group) is 1. The molecule has 0 atom stereocenters. The lowest BCUT2D eigenvalue weighted by Crippen LogP contribution is -2.45. The number of imidazole rings is 1. The zero-order chi connectivity index (χ0) is 25.7. The Balaban J connectivity index is 1.33. The fraction of sp³-hybridized carbons (Fsp3) is 0.571. The summed E-state index contributed by atoms with van der Waals surface area (Å²) in [6.45, 7) is 3.22. The van der Waals surface area contributed by atoms with Crippen molar-refractivity contribution in [2.45, 2.75) is 25.1 Å². The molecule has 2 aliphatic heterocycles. The summed E-state index contributed by atoms with van der Waals surface area (Å²) in [5.74, 6) is -0.0492. The van der Waals surface area contributed by atoms with Crippen molar-refractivity contribution >= 4 is 37.3 Å². The second-order valence-corrected chi connectivity index (χ2v) is 12.2. The molecule has 2 saturated heterocycles. The van der Waals surface area contributed by atoms with E-state index >= 15 is 0 Å². The van der Waals surface area contributed by atoms with Crippen LogP contribution in [0.15, 0.2) is 18.5 Å². The number of alkyl halides is 3. The van der Waals surface area contributed by atoms with E-state index in [1.807, 2.05) is 7.05 Å². The SMILES string of the molecule is CN1CCN(c2ncc(-c3cn4nc(NC5CCN(S(C)(=O)=O)CC5)sc4n3)cc2C(F)(F)F)CC1. The van der Waals surface area contributed by atoms with Gasteiger partial charge in [-0.3, -0.25) is 0 Å². The van der Waals surface area contributed by atoms with Crippen molar-refractivity contribution in [3.63, 3.8) is 0 Å². The first-order valence-corrected chi connectivity index (χ1v) is 14.2. The van der Waals surface area contributed by atoms with Gasteiger partial charge in [0, 0.05) is 57.1 Å². The zero-order valence-corrected chi connectivity index (χ0v) is 21.5. The van der Waals surface area contributed by atoms with Crippen LogP contribution in [-0.4, -0.2) is 95.8 Å². The number of hydrogen-bond acceptors (Lipinski definition) is 9. The van der Waals surface area contributed by atoms with Gasteiger partial charge < -0.3 is 15.1 Å². The Morgan fingerprint density at radius 1 is 1.11 bits per heavy atom. The number of sulfonamides is 1. The molecule has 0 radical (unpaired) electrons. The van der Waals surface area contributed by atoms with Crippen LogP contribution in [-0.2, 0) is 16.2 Å². The predicted molar refractivity (Wildman–Crippen MR) is 132 cm³/mol. The molecule has 15 heteroatoms. The summed E-state index contributed by atoms with van der Waals surface area (Å²) < 4.78 is 68.1. The average Bonchev–Trinajstić information content (AvgIpc) is 3.37. The quantitative estimate of drug-likeness (QED) is 0.523. The van der Waals surface area contributed by atoms with E-state index in [0.717, 1.165) is 6.07 Å². The van der Waals surface area contributed by atoms with Crippen LogP contribution in [0.3, 0.4) is 0 Å². The highest BCUT2D eigenvalue weighted by Gasteiger charge is 2.37. The van der Waals surface area contributed by atoms with Crippen LogP contribution in [0.5, 0.6) is 0 Å². The van der Waals surface area contributed by atoms with Gasteiger partial charge in [-0.15, -0.1) is 5.10 Å². The van der Waals surface area contributed by atoms with Gasteiger partial charge in [0.25, 0.3) is 0 Å². The maximum atomic E-state index is 13.9. The first-order valence-electron chi connectivity index (χ1n) is 11.6. The Labute approximate surface area is 210 Å². The lowest BCUT2D eigenvalue weighted by Gasteiger charge is -2.34. The number of anilines is 2. The molecule has 10 nitrogen and oxygen atoms in total. The Morgan fingerprint density at radius 2 is 1.81 bits per heavy atom. The molecule has 0 saturated carbocycles. The number of hydrogen-bond donors (Lipinski definition) is 1. The molecule has 0 spiro atoms. The fourth-order valence-corrected chi connectivity index (χ4v) is 6.21. The molecule has 2 fully saturated rings. The second kappa shape index (κ2) is 9.43. The monoisotopic (exact) mass is 544 g/mol. The molecule has 0 unspecified atom stereocenters. The predicted octanol–water partition coefficient (Wildman–Crippen LogP) is 2.46. The number of piperazine rings is 1. The maximum Gasteiger partial charge on any atom is 0.419 e. The molecular formula is C21H27F3N8O2S2. The first kappa shape index (κ1) is 25.2. The average molecular weight is 545 g/mol. The molecule has 0 aliphatic carbocycles. The summed E-state index contributed by atoms with van der Waals surface area (Å²) in [7, 11) is -1.25. The highest BCUT2D eigenvalue weighted by atomic mass is 32.2. The number of piperidine rings is 1. The lowest BCUT2D eigenvalue weighted by molar-refractivity contribution is -0.137. The van der Waals surface area contributed by atoms with E-state index in [-0.39, 0.29) is 17.4 Å². The van der Waals surface area contributed by atoms with E-state index in [9.17, 15) is 21.6 Å². The summed E-state index contributed by atoms with van der Waals surface area (Å²) in [5.41, 5.74) is -0.123. The van der Waals surface area contributed by atoms with Crippen LogP contribution in [0.2, 0.25) is 0 Å². The van der Waals surface area contributed by atoms with Crippen LogP contribution in [0, 0.1) is 0 Å². The van der Waals surface area contributed by atoms with Gasteiger partial charge in [-0.1, -0.05) is 11.3 Å². The van der Waals surface area contributed by atoms with Gasteiger partial charge in [-0.2, -0.15) is 13.2 Å². The van der Waals surface area contributed by atoms with Gasteiger partial charge >= 0.3 is 6.18 Å². The lowest BCUT2D eigenvalue weighted by atomic mass is 10.1. The number of aromatic nitrogens is 4. The van der Waals surface area contributed by atoms with Crippen LogP contribution in [0.4, 0.5) is 24.1 Å². The van der Waals surface area contributed by atoms with Crippen molar-refractivity contribution in [2.75, 3.05) is 62.8 Å². The summed E-state index contributed by atoms with van der Waals surface area (Å²) >= 11 is 1.29. The van der Waals surface area contributed by atoms with E-state index in [4.69, 9.17) is 0 Å². The Morgan fingerprint density at radius 3 is 2.42 bits per heavy atom. The first-order chi connectivity index (χ1) is 17.0. The number of pyridine rings is 1. The standard InChI is InChI=1S/C21H27F3N8O2S2/c1-29-7-9-30(10-8-29)18-16(21(22,23)24)11-14(12-25-18)17-13-32-20(27-17)35-19(28-32)26-15-3-5-31(6-4-15)36(2,33)34/h11-13,15H,3-10H2,1-2H3,(H,26,28). The Bertz CT molecular complexity index is 1310. The van der Waals surface area contributed by atoms with E-state index in [1.54, 1.807) is 11.1 Å². The van der Waals surface area contributed by atoms with Gasteiger partial charge in [0.2, 0.25) is 20.1 Å². The molecule has 0 amide bonds. The van der Waals surface area contributed by atoms with Crippen molar-refractivity contribution in [2.24, 2.45) is 0 Å². The summed E-state index contributed by atoms with van der Waals surface area (Å²) in [6.07, 6.45) is 1.01. The van der Waals surface area contributed by atoms with Gasteiger partial charge in [-0.25, -0.2) is 27.2 Å². The van der Waals surface area contributed by atoms with Crippen LogP contribution < -0.4 is 10.2 Å². The van der Waals surface area contributed by atoms with E-state index in [1.165, 1.54) is 32.6 Å². The molecular weight excluding hydrogens is 517 g/mol. The third-order valence-electron chi connectivity index (χ3n) is 6.56. The largest absolute Gasteiger partial charge is 0.419 e. The van der Waals surface area contributed by atoms with Crippen molar-refractivity contribution in [1.29, 1.82) is 0 Å². The smallest absolute Gasteiger partial charge is 0.357 e. The third kappa shape index (κ3) is 5.28. The minimum Gasteiger partial charge on any atom is -0.357 e. The van der Waals surface area contributed by atoms with Crippen LogP contribution >= 0.6 is 11.3 Å². The summed E-state index contributed by atoms with van der Waals surface area (Å²) in [6, 6.07) is 1.20. The number of nitrogens with zero attached hydrogens (tertiary/aromatic N) is 7. The number of rotatable bonds is 5. The van der Waals surface area contributed by atoms with Crippen molar-refractivity contribution in [1.82, 2.24) is 28.8 Å². The number of nitrogens with one attached hydrogen (secondary N) is 1. The Kier molecular flexibility index (Phi) is 6.59. The minimum atomic E-state index is -4.54. The minimum absolute atomic E-state index is 0.0492. The molecule has 1 N–H and O–H groups in total. The fourth-order valence-electron chi connectivity index (χ4n) is 4.48. The molecule has 3 aromatic heterocycles. The molecule has 0 bridgehead atoms. The second-order valence-electron chi connectivity index (χ2n) is 9.22. The van der Waals surface area contributed by atoms with Gasteiger partial charge in [0.05, 0.1) is 23.7 Å². The summed E-state index contributed by atoms with van der Waals surface area (Å²) in [4.78, 5) is 13.0. The number of fused-ring (bicyclic) bond motifs is 1. The van der Waals surface area contributed by atoms with Crippen LogP contribution in [0.1, 0.15) is 18.4 Å². The van der Waals surface area contributed by atoms with E-state index < -0.39 is 21.8 Å². The molecule has 3 aromatic rings. The van der Waals surface area contributed by atoms with Crippen LogP contribution in [0.25, 0.3) is 16.2 Å². The van der Waals surface area contributed by atoms with Gasteiger partial charge in [0.1, 0.15) is 5.82 Å². The van der Waals surface area contributed by atoms with Gasteiger partial charge in [0.15, 0.2) is 0 Å². The zero-order valence-electron chi connectivity index (χ0n) is 19.9. The van der Waals surface area contributed by atoms with Gasteiger partial charge in [-0.05, 0) is 26.0 Å². The summed E-state index contributed by atoms with van der Waals surface area (Å²) in [5, 5.41) is 8.41. The molecule has 5 heterocycles. The Hall–Kier alpha value is -2.49. The van der Waals surface area contributed by atoms with E-state index in [2.05, 4.69) is 25.3 Å². The molecule has 196 valence electrons. The highest BCUT2D eigenvalue weighted by molar-refractivity contribution is 7.88. The number of halogens is 3. The van der Waals surface area contributed by atoms with E-state index in [0.29, 0.717) is 67.9 Å². The molecule has 5 rings (SSSR count). The molecule has 0 aromatic carbocycles. The van der Waals surface area contributed by atoms with Crippen molar-refractivity contribution in [3.05, 3.63) is 24.0 Å². The maximum absolute atomic E-state index is 13.9. The highest BCUT2D eigenvalue weighted by Crippen LogP contribution is 2.38. The molecule has 2 aliphatic rings. The normalized spacial score (nSPS) is 19.3. The molecule has 36 heavy (non-hydrogen) atoms. The van der Waals surface area contributed by atoms with Crippen molar-refractivity contribution < 1.29 is 21.6 Å². The van der Waals surface area contributed by atoms with Crippen molar-refractivity contribution in [3.8, 4) is 11.3 Å².